The molecule has 0 fully saturated rings. The van der Waals surface area contributed by atoms with Crippen LogP contribution in [0.5, 0.6) is 11.5 Å². The van der Waals surface area contributed by atoms with Gasteiger partial charge in [-0.15, -0.1) is 0 Å². The van der Waals surface area contributed by atoms with E-state index in [2.05, 4.69) is 65.1 Å². The van der Waals surface area contributed by atoms with Crippen molar-refractivity contribution in [3.8, 4) is 11.5 Å². The molecule has 0 aliphatic carbocycles. The van der Waals surface area contributed by atoms with E-state index >= 15 is 0 Å². The molecule has 0 saturated carbocycles. The van der Waals surface area contributed by atoms with Gasteiger partial charge in [-0.2, -0.15) is 0 Å². The summed E-state index contributed by atoms with van der Waals surface area (Å²) in [6.45, 7) is 14.7. The Balaban J connectivity index is 2.38. The van der Waals surface area contributed by atoms with E-state index in [0.29, 0.717) is 30.6 Å². The van der Waals surface area contributed by atoms with Crippen molar-refractivity contribution in [3.63, 3.8) is 0 Å². The molecule has 0 amide bonds. The van der Waals surface area contributed by atoms with Crippen LogP contribution in [-0.4, -0.2) is 24.3 Å². The van der Waals surface area contributed by atoms with Gasteiger partial charge in [0.1, 0.15) is 6.61 Å². The second-order valence-corrected chi connectivity index (χ2v) is 9.92. The molecule has 0 bridgehead atoms. The molecule has 2 rings (SSSR count). The first kappa shape index (κ1) is 28.5. The third kappa shape index (κ3) is 8.79. The topological polar surface area (TPSA) is 52.5 Å². The molecule has 0 radical (unpaired) electrons. The van der Waals surface area contributed by atoms with Crippen LogP contribution in [0.15, 0.2) is 46.3 Å². The number of benzene rings is 1. The molecule has 2 aromatic rings. The molecule has 0 spiro atoms. The number of anilines is 1. The minimum Gasteiger partial charge on any atom is -0.485 e. The number of hydrogen-bond donors (Lipinski definition) is 1. The summed E-state index contributed by atoms with van der Waals surface area (Å²) >= 11 is 0. The Kier molecular flexibility index (Phi) is 11.9. The zero-order valence-electron chi connectivity index (χ0n) is 23.0. The Hall–Kier alpha value is -2.69. The number of nitrogens with zero attached hydrogens (tertiary/aromatic N) is 1. The van der Waals surface area contributed by atoms with E-state index in [1.807, 2.05) is 12.1 Å². The third-order valence-electron chi connectivity index (χ3n) is 6.21. The van der Waals surface area contributed by atoms with Crippen LogP contribution in [0.25, 0.3) is 10.9 Å². The minimum absolute atomic E-state index is 0.161. The van der Waals surface area contributed by atoms with Crippen LogP contribution in [0.4, 0.5) is 5.69 Å². The van der Waals surface area contributed by atoms with Crippen molar-refractivity contribution in [2.75, 3.05) is 25.1 Å². The number of ether oxygens (including phenoxy) is 2. The fourth-order valence-corrected chi connectivity index (χ4v) is 4.03. The number of aromatic nitrogens is 1. The van der Waals surface area contributed by atoms with E-state index in [4.69, 9.17) is 9.47 Å². The van der Waals surface area contributed by atoms with Crippen LogP contribution < -0.4 is 20.3 Å². The summed E-state index contributed by atoms with van der Waals surface area (Å²) in [7, 11) is 1.81. The number of aryl methyl sites for hydroxylation is 1. The van der Waals surface area contributed by atoms with E-state index in [0.717, 1.165) is 61.7 Å². The monoisotopic (exact) mass is 482 g/mol. The van der Waals surface area contributed by atoms with Crippen LogP contribution in [0, 0.1) is 5.92 Å². The van der Waals surface area contributed by atoms with Crippen LogP contribution >= 0.6 is 0 Å². The summed E-state index contributed by atoms with van der Waals surface area (Å²) in [6, 6.07) is 6.12. The highest BCUT2D eigenvalue weighted by atomic mass is 16.5. The van der Waals surface area contributed by atoms with E-state index < -0.39 is 0 Å². The van der Waals surface area contributed by atoms with Crippen molar-refractivity contribution in [1.29, 1.82) is 0 Å². The molecule has 1 N–H and O–H groups in total. The summed E-state index contributed by atoms with van der Waals surface area (Å²) in [5, 5.41) is 4.35. The lowest BCUT2D eigenvalue weighted by Gasteiger charge is -2.19. The average Bonchev–Trinajstić information content (AvgIpc) is 2.82. The van der Waals surface area contributed by atoms with Crippen molar-refractivity contribution >= 4 is 16.6 Å². The first-order valence-corrected chi connectivity index (χ1v) is 13.2. The maximum atomic E-state index is 13.4. The van der Waals surface area contributed by atoms with Gasteiger partial charge in [0.25, 0.3) is 5.56 Å². The molecule has 1 unspecified atom stereocenters. The summed E-state index contributed by atoms with van der Waals surface area (Å²) in [6.07, 6.45) is 10.8. The summed E-state index contributed by atoms with van der Waals surface area (Å²) < 4.78 is 14.1. The zero-order valence-corrected chi connectivity index (χ0v) is 23.0. The normalized spacial score (nSPS) is 12.5. The van der Waals surface area contributed by atoms with Crippen molar-refractivity contribution in [2.45, 2.75) is 80.1 Å². The molecule has 35 heavy (non-hydrogen) atoms. The number of unbranched alkanes of at least 4 members (excludes halogenated alkanes) is 1. The molecule has 1 aromatic heterocycles. The number of allylic oxidation sites excluding steroid dienone is 3. The van der Waals surface area contributed by atoms with Gasteiger partial charge in [0, 0.05) is 24.7 Å². The molecule has 1 aromatic carbocycles. The van der Waals surface area contributed by atoms with Crippen LogP contribution in [-0.2, 0) is 7.05 Å². The van der Waals surface area contributed by atoms with E-state index in [1.54, 1.807) is 11.6 Å². The van der Waals surface area contributed by atoms with Gasteiger partial charge in [0.2, 0.25) is 5.75 Å². The number of pyridine rings is 1. The highest BCUT2D eigenvalue weighted by Gasteiger charge is 2.19. The molecular formula is C30H46N2O3. The smallest absolute Gasteiger partial charge is 0.297 e. The van der Waals surface area contributed by atoms with E-state index in [-0.39, 0.29) is 5.56 Å². The number of nitrogens with one attached hydrogen (secondary N) is 1. The van der Waals surface area contributed by atoms with Crippen LogP contribution in [0.3, 0.4) is 0 Å². The van der Waals surface area contributed by atoms with Crippen LogP contribution in [0.1, 0.15) is 80.1 Å². The first-order chi connectivity index (χ1) is 16.8. The van der Waals surface area contributed by atoms with Crippen molar-refractivity contribution in [1.82, 2.24) is 4.57 Å². The molecular weight excluding hydrogens is 436 g/mol. The van der Waals surface area contributed by atoms with Gasteiger partial charge in [-0.25, -0.2) is 0 Å². The predicted octanol–water partition coefficient (Wildman–Crippen LogP) is 7.64. The van der Waals surface area contributed by atoms with Crippen molar-refractivity contribution in [3.05, 3.63) is 51.9 Å². The maximum Gasteiger partial charge on any atom is 0.297 e. The van der Waals surface area contributed by atoms with Gasteiger partial charge < -0.3 is 19.4 Å². The van der Waals surface area contributed by atoms with Crippen molar-refractivity contribution in [2.24, 2.45) is 13.0 Å². The van der Waals surface area contributed by atoms with Crippen molar-refractivity contribution < 1.29 is 9.47 Å². The maximum absolute atomic E-state index is 13.4. The Morgan fingerprint density at radius 3 is 2.54 bits per heavy atom. The highest BCUT2D eigenvalue weighted by molar-refractivity contribution is 5.90. The second kappa shape index (κ2) is 14.7. The Bertz CT molecular complexity index is 1060. The average molecular weight is 483 g/mol. The molecule has 1 heterocycles. The van der Waals surface area contributed by atoms with Gasteiger partial charge >= 0.3 is 0 Å². The first-order valence-electron chi connectivity index (χ1n) is 13.2. The lowest BCUT2D eigenvalue weighted by atomic mass is 10.1. The standard InChI is InChI=1S/C30H46N2O3/c1-8-10-18-31-25-15-16-26-27(20-25)32(7)30(33)29(35-21-24(6)12-9-2)28(26)34-19-17-23(5)14-11-13-22(3)4/h13,15-17,20,24,31H,8-12,14,18-19,21H2,1-7H3. The quantitative estimate of drug-likeness (QED) is 0.209. The molecule has 5 heteroatoms. The van der Waals surface area contributed by atoms with Crippen LogP contribution in [0.2, 0.25) is 0 Å². The SMILES string of the molecule is CCCCNc1ccc2c(OCC=C(C)CCC=C(C)C)c(OCC(C)CCC)c(=O)n(C)c2c1. The van der Waals surface area contributed by atoms with Gasteiger partial charge in [0.15, 0.2) is 5.75 Å². The Morgan fingerprint density at radius 1 is 1.09 bits per heavy atom. The highest BCUT2D eigenvalue weighted by Crippen LogP contribution is 2.34. The van der Waals surface area contributed by atoms with Gasteiger partial charge in [-0.3, -0.25) is 4.79 Å². The molecule has 0 saturated heterocycles. The third-order valence-corrected chi connectivity index (χ3v) is 6.21. The van der Waals surface area contributed by atoms with Gasteiger partial charge in [0.05, 0.1) is 12.1 Å². The molecule has 0 aliphatic rings. The lowest BCUT2D eigenvalue weighted by molar-refractivity contribution is 0.233. The molecule has 5 nitrogen and oxygen atoms in total. The minimum atomic E-state index is -0.161. The number of hydrogen-bond acceptors (Lipinski definition) is 4. The molecule has 194 valence electrons. The Labute approximate surface area is 212 Å². The number of rotatable bonds is 15. The lowest BCUT2D eigenvalue weighted by Crippen LogP contribution is -2.23. The molecule has 0 aliphatic heterocycles. The number of fused-ring (bicyclic) bond motifs is 1. The van der Waals surface area contributed by atoms with E-state index in [9.17, 15) is 4.79 Å². The zero-order chi connectivity index (χ0) is 25.8. The second-order valence-electron chi connectivity index (χ2n) is 9.92. The summed E-state index contributed by atoms with van der Waals surface area (Å²) in [5.41, 5.74) is 4.29. The molecule has 1 atom stereocenters. The largest absolute Gasteiger partial charge is 0.485 e. The van der Waals surface area contributed by atoms with E-state index in [1.165, 1.54) is 11.1 Å². The Morgan fingerprint density at radius 2 is 1.86 bits per heavy atom. The predicted molar refractivity (Wildman–Crippen MR) is 150 cm³/mol. The fraction of sp³-hybridized carbons (Fsp3) is 0.567. The van der Waals surface area contributed by atoms with Gasteiger partial charge in [-0.05, 0) is 76.6 Å². The summed E-state index contributed by atoms with van der Waals surface area (Å²) in [4.78, 5) is 13.4. The fourth-order valence-electron chi connectivity index (χ4n) is 4.03. The summed E-state index contributed by atoms with van der Waals surface area (Å²) in [5.74, 6) is 1.22. The van der Waals surface area contributed by atoms with Gasteiger partial charge in [-0.1, -0.05) is 50.8 Å².